The molecule has 0 radical (unpaired) electrons. The number of aromatic nitrogens is 3. The van der Waals surface area contributed by atoms with Gasteiger partial charge in [0, 0.05) is 6.20 Å². The molecule has 7 nitrogen and oxygen atoms in total. The van der Waals surface area contributed by atoms with Crippen molar-refractivity contribution >= 4 is 27.7 Å². The third-order valence-corrected chi connectivity index (χ3v) is 2.71. The zero-order valence-corrected chi connectivity index (χ0v) is 13.1. The largest absolute Gasteiger partial charge is 0.443 e. The van der Waals surface area contributed by atoms with Gasteiger partial charge in [-0.25, -0.2) is 20.2 Å². The fourth-order valence-corrected chi connectivity index (χ4v) is 1.86. The molecular weight excluding hydrogens is 326 g/mol. The summed E-state index contributed by atoms with van der Waals surface area (Å²) in [5, 5.41) is 0. The average Bonchev–Trinajstić information content (AvgIpc) is 2.69. The molecule has 20 heavy (non-hydrogen) atoms. The van der Waals surface area contributed by atoms with Gasteiger partial charge in [0.2, 0.25) is 0 Å². The van der Waals surface area contributed by atoms with Crippen LogP contribution in [0.15, 0.2) is 23.2 Å². The van der Waals surface area contributed by atoms with Crippen LogP contribution in [0.25, 0.3) is 5.65 Å². The maximum Gasteiger partial charge on any atom is 0.422 e. The van der Waals surface area contributed by atoms with Crippen LogP contribution in [0.1, 0.15) is 26.5 Å². The number of nitrogens with zero attached hydrogens (tertiary/aromatic N) is 3. The zero-order chi connectivity index (χ0) is 14.8. The van der Waals surface area contributed by atoms with E-state index < -0.39 is 11.7 Å². The van der Waals surface area contributed by atoms with E-state index in [1.165, 1.54) is 0 Å². The monoisotopic (exact) mass is 341 g/mol. The number of nitrogens with one attached hydrogen (secondary N) is 2. The minimum absolute atomic E-state index is 0.414. The number of amides is 1. The lowest BCUT2D eigenvalue weighted by Crippen LogP contribution is -2.40. The van der Waals surface area contributed by atoms with E-state index in [0.29, 0.717) is 11.1 Å². The molecule has 1 amide bonds. The van der Waals surface area contributed by atoms with Gasteiger partial charge in [-0.1, -0.05) is 0 Å². The van der Waals surface area contributed by atoms with Crippen molar-refractivity contribution in [2.24, 2.45) is 0 Å². The standard InChI is InChI=1S/C12H16BrN5O2/c1-12(2,3)20-11(19)17-16-5-8-4-15-10-6-14-9(13)7-18(8)10/h4,6-7,16H,5H2,1-3H3,(H,17,19). The van der Waals surface area contributed by atoms with E-state index in [1.807, 2.05) is 31.4 Å². The van der Waals surface area contributed by atoms with Crippen LogP contribution in [0.4, 0.5) is 4.79 Å². The molecule has 0 aliphatic carbocycles. The molecule has 2 aromatic heterocycles. The van der Waals surface area contributed by atoms with Crippen molar-refractivity contribution in [2.45, 2.75) is 32.9 Å². The van der Waals surface area contributed by atoms with E-state index in [0.717, 1.165) is 11.3 Å². The summed E-state index contributed by atoms with van der Waals surface area (Å²) in [7, 11) is 0. The summed E-state index contributed by atoms with van der Waals surface area (Å²) < 4.78 is 7.70. The molecule has 0 saturated heterocycles. The minimum Gasteiger partial charge on any atom is -0.443 e. The van der Waals surface area contributed by atoms with Crippen LogP contribution in [0.2, 0.25) is 0 Å². The average molecular weight is 342 g/mol. The SMILES string of the molecule is CC(C)(C)OC(=O)NNCc1cnc2cnc(Br)cn12. The second kappa shape index (κ2) is 5.76. The first-order chi connectivity index (χ1) is 9.35. The molecule has 0 aromatic carbocycles. The Balaban J connectivity index is 1.93. The molecular formula is C12H16BrN5O2. The fourth-order valence-electron chi connectivity index (χ4n) is 1.56. The van der Waals surface area contributed by atoms with Gasteiger partial charge in [0.05, 0.1) is 24.6 Å². The van der Waals surface area contributed by atoms with Gasteiger partial charge >= 0.3 is 6.09 Å². The molecule has 2 rings (SSSR count). The first kappa shape index (κ1) is 14.7. The smallest absolute Gasteiger partial charge is 0.422 e. The Hall–Kier alpha value is -1.67. The molecule has 0 bridgehead atoms. The summed E-state index contributed by atoms with van der Waals surface area (Å²) >= 11 is 3.31. The molecule has 2 aromatic rings. The molecule has 0 aliphatic heterocycles. The predicted octanol–water partition coefficient (Wildman–Crippen LogP) is 2.02. The van der Waals surface area contributed by atoms with Gasteiger partial charge in [-0.2, -0.15) is 0 Å². The van der Waals surface area contributed by atoms with Gasteiger partial charge in [0.25, 0.3) is 0 Å². The van der Waals surface area contributed by atoms with Crippen molar-refractivity contribution in [2.75, 3.05) is 0 Å². The van der Waals surface area contributed by atoms with Crippen molar-refractivity contribution in [3.63, 3.8) is 0 Å². The molecule has 2 N–H and O–H groups in total. The number of hydrazine groups is 1. The lowest BCUT2D eigenvalue weighted by atomic mass is 10.2. The quantitative estimate of drug-likeness (QED) is 0.835. The Morgan fingerprint density at radius 3 is 2.85 bits per heavy atom. The van der Waals surface area contributed by atoms with Crippen LogP contribution < -0.4 is 10.9 Å². The van der Waals surface area contributed by atoms with Crippen LogP contribution in [0.3, 0.4) is 0 Å². The zero-order valence-electron chi connectivity index (χ0n) is 11.5. The third kappa shape index (κ3) is 3.91. The molecule has 0 spiro atoms. The Labute approximate surface area is 124 Å². The van der Waals surface area contributed by atoms with Gasteiger partial charge in [0.15, 0.2) is 5.65 Å². The Morgan fingerprint density at radius 1 is 1.40 bits per heavy atom. The lowest BCUT2D eigenvalue weighted by Gasteiger charge is -2.19. The maximum atomic E-state index is 11.5. The van der Waals surface area contributed by atoms with Crippen LogP contribution in [-0.2, 0) is 11.3 Å². The molecule has 0 saturated carbocycles. The predicted molar refractivity (Wildman–Crippen MR) is 76.9 cm³/mol. The van der Waals surface area contributed by atoms with Crippen molar-refractivity contribution < 1.29 is 9.53 Å². The summed E-state index contributed by atoms with van der Waals surface area (Å²) in [4.78, 5) is 19.8. The van der Waals surface area contributed by atoms with Gasteiger partial charge in [-0.15, -0.1) is 0 Å². The van der Waals surface area contributed by atoms with E-state index >= 15 is 0 Å². The highest BCUT2D eigenvalue weighted by molar-refractivity contribution is 9.10. The number of imidazole rings is 1. The highest BCUT2D eigenvalue weighted by atomic mass is 79.9. The van der Waals surface area contributed by atoms with Crippen molar-refractivity contribution in [1.29, 1.82) is 0 Å². The molecule has 0 aliphatic rings. The van der Waals surface area contributed by atoms with Gasteiger partial charge in [0.1, 0.15) is 10.2 Å². The summed E-state index contributed by atoms with van der Waals surface area (Å²) in [6.07, 6.45) is 4.67. The highest BCUT2D eigenvalue weighted by Gasteiger charge is 2.15. The number of rotatable bonds is 3. The Bertz CT molecular complexity index is 620. The number of carbonyl (C=O) groups excluding carboxylic acids is 1. The van der Waals surface area contributed by atoms with E-state index in [2.05, 4.69) is 36.7 Å². The highest BCUT2D eigenvalue weighted by Crippen LogP contribution is 2.10. The van der Waals surface area contributed by atoms with E-state index in [9.17, 15) is 4.79 Å². The molecule has 0 atom stereocenters. The summed E-state index contributed by atoms with van der Waals surface area (Å²) in [6.45, 7) is 5.83. The Morgan fingerprint density at radius 2 is 2.15 bits per heavy atom. The van der Waals surface area contributed by atoms with Crippen molar-refractivity contribution in [1.82, 2.24) is 25.2 Å². The number of halogens is 1. The summed E-state index contributed by atoms with van der Waals surface area (Å²) in [5.41, 5.74) is 6.38. The minimum atomic E-state index is -0.522. The van der Waals surface area contributed by atoms with Crippen LogP contribution in [-0.4, -0.2) is 26.1 Å². The summed E-state index contributed by atoms with van der Waals surface area (Å²) in [5.74, 6) is 0. The summed E-state index contributed by atoms with van der Waals surface area (Å²) in [6, 6.07) is 0. The second-order valence-corrected chi connectivity index (χ2v) is 5.98. The Kier molecular flexibility index (Phi) is 4.24. The number of carbonyl (C=O) groups is 1. The van der Waals surface area contributed by atoms with Crippen LogP contribution >= 0.6 is 15.9 Å². The number of fused-ring (bicyclic) bond motifs is 1. The van der Waals surface area contributed by atoms with Crippen LogP contribution in [0.5, 0.6) is 0 Å². The van der Waals surface area contributed by atoms with Gasteiger partial charge in [-0.05, 0) is 36.7 Å². The molecule has 2 heterocycles. The van der Waals surface area contributed by atoms with E-state index in [1.54, 1.807) is 12.4 Å². The molecule has 108 valence electrons. The van der Waals surface area contributed by atoms with E-state index in [-0.39, 0.29) is 0 Å². The first-order valence-corrected chi connectivity index (χ1v) is 6.84. The number of hydrogen-bond donors (Lipinski definition) is 2. The molecule has 0 unspecified atom stereocenters. The van der Waals surface area contributed by atoms with Crippen molar-refractivity contribution in [3.8, 4) is 0 Å². The van der Waals surface area contributed by atoms with Crippen molar-refractivity contribution in [3.05, 3.63) is 28.9 Å². The lowest BCUT2D eigenvalue weighted by molar-refractivity contribution is 0.0496. The van der Waals surface area contributed by atoms with Crippen LogP contribution in [0, 0.1) is 0 Å². The number of ether oxygens (including phenoxy) is 1. The maximum absolute atomic E-state index is 11.5. The normalized spacial score (nSPS) is 11.6. The fraction of sp³-hybridized carbons (Fsp3) is 0.417. The van der Waals surface area contributed by atoms with E-state index in [4.69, 9.17) is 4.74 Å². The van der Waals surface area contributed by atoms with Gasteiger partial charge < -0.3 is 4.74 Å². The topological polar surface area (TPSA) is 80.5 Å². The molecule has 0 fully saturated rings. The third-order valence-electron chi connectivity index (χ3n) is 2.30. The van der Waals surface area contributed by atoms with Gasteiger partial charge in [-0.3, -0.25) is 9.83 Å². The second-order valence-electron chi connectivity index (χ2n) is 5.17. The molecule has 8 heteroatoms. The first-order valence-electron chi connectivity index (χ1n) is 6.04. The number of hydrogen-bond acceptors (Lipinski definition) is 5.